The molecule has 0 aromatic heterocycles. The van der Waals surface area contributed by atoms with Crippen LogP contribution < -0.4 is 5.32 Å². The van der Waals surface area contributed by atoms with E-state index in [0.29, 0.717) is 12.5 Å². The quantitative estimate of drug-likeness (QED) is 0.737. The van der Waals surface area contributed by atoms with Crippen LogP contribution in [-0.4, -0.2) is 24.3 Å². The highest BCUT2D eigenvalue weighted by Crippen LogP contribution is 2.29. The molecule has 24 heavy (non-hydrogen) atoms. The molecule has 0 heterocycles. The third-order valence-electron chi connectivity index (χ3n) is 4.34. The second-order valence-corrected chi connectivity index (χ2v) is 7.62. The molecule has 4 nitrogen and oxygen atoms in total. The van der Waals surface area contributed by atoms with Crippen LogP contribution >= 0.6 is 0 Å². The lowest BCUT2D eigenvalue weighted by Gasteiger charge is -2.24. The number of carbonyl (C=O) groups excluding carboxylic acids is 1. The molecular formula is C20H31NO3. The van der Waals surface area contributed by atoms with Crippen LogP contribution in [0.4, 0.5) is 4.79 Å². The van der Waals surface area contributed by atoms with Crippen LogP contribution in [0.2, 0.25) is 0 Å². The average molecular weight is 333 g/mol. The van der Waals surface area contributed by atoms with Crippen LogP contribution in [0, 0.1) is 5.92 Å². The first kappa shape index (κ1) is 18.8. The third-order valence-corrected chi connectivity index (χ3v) is 4.34. The number of carbonyl (C=O) groups is 1. The number of benzene rings is 1. The maximum absolute atomic E-state index is 11.9. The van der Waals surface area contributed by atoms with Crippen molar-refractivity contribution in [2.75, 3.05) is 6.61 Å². The molecule has 1 aliphatic carbocycles. The molecule has 2 rings (SSSR count). The highest BCUT2D eigenvalue weighted by Gasteiger charge is 2.29. The maximum atomic E-state index is 11.9. The second kappa shape index (κ2) is 9.07. The Morgan fingerprint density at radius 3 is 2.67 bits per heavy atom. The fraction of sp³-hybridized carbons (Fsp3) is 0.650. The SMILES string of the molecule is CC(C)(C)OC(=O)N[C@H]1CCC[C@@H]1CCCOCc1ccccc1. The number of hydrogen-bond acceptors (Lipinski definition) is 3. The van der Waals surface area contributed by atoms with Gasteiger partial charge in [-0.25, -0.2) is 4.79 Å². The molecule has 1 amide bonds. The molecule has 1 fully saturated rings. The molecule has 1 N–H and O–H groups in total. The van der Waals surface area contributed by atoms with Gasteiger partial charge in [-0.2, -0.15) is 0 Å². The highest BCUT2D eigenvalue weighted by atomic mass is 16.6. The number of rotatable bonds is 7. The first-order valence-electron chi connectivity index (χ1n) is 9.05. The van der Waals surface area contributed by atoms with Crippen molar-refractivity contribution in [2.45, 2.75) is 71.1 Å². The van der Waals surface area contributed by atoms with E-state index < -0.39 is 5.60 Å². The summed E-state index contributed by atoms with van der Waals surface area (Å²) in [5.74, 6) is 0.540. The first-order chi connectivity index (χ1) is 11.4. The number of ether oxygens (including phenoxy) is 2. The largest absolute Gasteiger partial charge is 0.444 e. The Morgan fingerprint density at radius 1 is 1.21 bits per heavy atom. The van der Waals surface area contributed by atoms with Gasteiger partial charge in [-0.1, -0.05) is 36.8 Å². The van der Waals surface area contributed by atoms with Gasteiger partial charge < -0.3 is 14.8 Å². The summed E-state index contributed by atoms with van der Waals surface area (Å²) in [6, 6.07) is 10.5. The molecule has 134 valence electrons. The molecule has 0 unspecified atom stereocenters. The smallest absolute Gasteiger partial charge is 0.407 e. The standard InChI is InChI=1S/C20H31NO3/c1-20(2,3)24-19(22)21-18-13-7-11-17(18)12-8-14-23-15-16-9-5-4-6-10-16/h4-6,9-10,17-18H,7-8,11-15H2,1-3H3,(H,21,22)/t17-,18+/m1/s1. The molecule has 0 aliphatic heterocycles. The minimum Gasteiger partial charge on any atom is -0.444 e. The molecule has 0 spiro atoms. The minimum absolute atomic E-state index is 0.244. The lowest BCUT2D eigenvalue weighted by molar-refractivity contribution is 0.0489. The minimum atomic E-state index is -0.441. The fourth-order valence-corrected chi connectivity index (χ4v) is 3.24. The van der Waals surface area contributed by atoms with Gasteiger partial charge in [0.1, 0.15) is 5.60 Å². The summed E-state index contributed by atoms with van der Waals surface area (Å²) < 4.78 is 11.1. The molecule has 1 saturated carbocycles. The van der Waals surface area contributed by atoms with E-state index in [9.17, 15) is 4.79 Å². The van der Waals surface area contributed by atoms with Crippen molar-refractivity contribution in [1.29, 1.82) is 0 Å². The van der Waals surface area contributed by atoms with E-state index in [1.54, 1.807) is 0 Å². The Balaban J connectivity index is 1.63. The topological polar surface area (TPSA) is 47.6 Å². The van der Waals surface area contributed by atoms with Crippen molar-refractivity contribution in [3.63, 3.8) is 0 Å². The lowest BCUT2D eigenvalue weighted by Crippen LogP contribution is -2.40. The van der Waals surface area contributed by atoms with E-state index in [2.05, 4.69) is 17.4 Å². The zero-order valence-corrected chi connectivity index (χ0v) is 15.2. The first-order valence-corrected chi connectivity index (χ1v) is 9.05. The Hall–Kier alpha value is -1.55. The fourth-order valence-electron chi connectivity index (χ4n) is 3.24. The lowest BCUT2D eigenvalue weighted by atomic mass is 9.98. The third kappa shape index (κ3) is 6.91. The Morgan fingerprint density at radius 2 is 1.96 bits per heavy atom. The van der Waals surface area contributed by atoms with Gasteiger partial charge in [-0.05, 0) is 57.9 Å². The normalized spacial score (nSPS) is 20.8. The van der Waals surface area contributed by atoms with Crippen molar-refractivity contribution in [3.05, 3.63) is 35.9 Å². The van der Waals surface area contributed by atoms with E-state index in [4.69, 9.17) is 9.47 Å². The molecule has 0 radical (unpaired) electrons. The molecule has 0 saturated heterocycles. The van der Waals surface area contributed by atoms with Gasteiger partial charge in [0.15, 0.2) is 0 Å². The van der Waals surface area contributed by atoms with Crippen LogP contribution in [0.25, 0.3) is 0 Å². The summed E-state index contributed by atoms with van der Waals surface area (Å²) in [5.41, 5.74) is 0.770. The van der Waals surface area contributed by atoms with Crippen LogP contribution in [-0.2, 0) is 16.1 Å². The van der Waals surface area contributed by atoms with Crippen molar-refractivity contribution >= 4 is 6.09 Å². The monoisotopic (exact) mass is 333 g/mol. The van der Waals surface area contributed by atoms with Gasteiger partial charge in [0.05, 0.1) is 6.61 Å². The van der Waals surface area contributed by atoms with Crippen molar-refractivity contribution in [3.8, 4) is 0 Å². The highest BCUT2D eigenvalue weighted by molar-refractivity contribution is 5.68. The van der Waals surface area contributed by atoms with Gasteiger partial charge in [0.2, 0.25) is 0 Å². The van der Waals surface area contributed by atoms with Crippen LogP contribution in [0.15, 0.2) is 30.3 Å². The Kier molecular flexibility index (Phi) is 7.10. The molecule has 2 atom stereocenters. The summed E-state index contributed by atoms with van der Waals surface area (Å²) in [6.45, 7) is 7.12. The second-order valence-electron chi connectivity index (χ2n) is 7.62. The zero-order valence-electron chi connectivity index (χ0n) is 15.2. The van der Waals surface area contributed by atoms with Gasteiger partial charge in [0, 0.05) is 12.6 Å². The predicted octanol–water partition coefficient (Wildman–Crippen LogP) is 4.68. The molecule has 1 aromatic carbocycles. The predicted molar refractivity (Wildman–Crippen MR) is 95.8 cm³/mol. The summed E-state index contributed by atoms with van der Waals surface area (Å²) in [7, 11) is 0. The summed E-state index contributed by atoms with van der Waals surface area (Å²) >= 11 is 0. The number of hydrogen-bond donors (Lipinski definition) is 1. The molecule has 1 aliphatic rings. The molecule has 4 heteroatoms. The van der Waals surface area contributed by atoms with Gasteiger partial charge in [-0.15, -0.1) is 0 Å². The van der Waals surface area contributed by atoms with Crippen LogP contribution in [0.1, 0.15) is 58.4 Å². The van der Waals surface area contributed by atoms with Crippen molar-refractivity contribution in [1.82, 2.24) is 5.32 Å². The van der Waals surface area contributed by atoms with E-state index >= 15 is 0 Å². The number of nitrogens with one attached hydrogen (secondary N) is 1. The number of alkyl carbamates (subject to hydrolysis) is 1. The average Bonchev–Trinajstić information content (AvgIpc) is 2.93. The van der Waals surface area contributed by atoms with Crippen LogP contribution in [0.3, 0.4) is 0 Å². The summed E-state index contributed by atoms with van der Waals surface area (Å²) in [6.07, 6.45) is 5.24. The van der Waals surface area contributed by atoms with E-state index in [-0.39, 0.29) is 12.1 Å². The van der Waals surface area contributed by atoms with Gasteiger partial charge in [-0.3, -0.25) is 0 Å². The van der Waals surface area contributed by atoms with Crippen molar-refractivity contribution in [2.24, 2.45) is 5.92 Å². The summed E-state index contributed by atoms with van der Waals surface area (Å²) in [5, 5.41) is 3.05. The number of amides is 1. The Labute approximate surface area is 145 Å². The molecule has 1 aromatic rings. The Bertz CT molecular complexity index is 495. The van der Waals surface area contributed by atoms with Crippen molar-refractivity contribution < 1.29 is 14.3 Å². The van der Waals surface area contributed by atoms with Crippen LogP contribution in [0.5, 0.6) is 0 Å². The molecular weight excluding hydrogens is 302 g/mol. The van der Waals surface area contributed by atoms with E-state index in [1.807, 2.05) is 39.0 Å². The van der Waals surface area contributed by atoms with Gasteiger partial charge in [0.25, 0.3) is 0 Å². The zero-order chi connectivity index (χ0) is 17.4. The maximum Gasteiger partial charge on any atom is 0.407 e. The van der Waals surface area contributed by atoms with E-state index in [0.717, 1.165) is 25.9 Å². The summed E-state index contributed by atoms with van der Waals surface area (Å²) in [4.78, 5) is 11.9. The van der Waals surface area contributed by atoms with E-state index in [1.165, 1.54) is 18.4 Å². The van der Waals surface area contributed by atoms with Gasteiger partial charge >= 0.3 is 6.09 Å². The molecule has 0 bridgehead atoms.